The van der Waals surface area contributed by atoms with Crippen LogP contribution in [0, 0.1) is 0 Å². The number of methoxy groups -OCH3 is 1. The van der Waals surface area contributed by atoms with Gasteiger partial charge < -0.3 is 19.5 Å². The highest BCUT2D eigenvalue weighted by atomic mass is 16.5. The molecule has 0 bridgehead atoms. The van der Waals surface area contributed by atoms with Crippen LogP contribution in [0.1, 0.15) is 76.0 Å². The Hall–Kier alpha value is -3.87. The molecule has 4 rings (SSSR count). The highest BCUT2D eigenvalue weighted by Gasteiger charge is 2.43. The van der Waals surface area contributed by atoms with E-state index < -0.39 is 5.97 Å². The molecule has 0 saturated heterocycles. The lowest BCUT2D eigenvalue weighted by molar-refractivity contribution is 0.0515. The number of pyridine rings is 1. The largest absolute Gasteiger partial charge is 0.505 e. The summed E-state index contributed by atoms with van der Waals surface area (Å²) in [6.45, 7) is 4.22. The quantitative estimate of drug-likeness (QED) is 0.436. The average molecular weight is 475 g/mol. The molecular weight excluding hydrogens is 444 g/mol. The molecule has 1 unspecified atom stereocenters. The van der Waals surface area contributed by atoms with Crippen LogP contribution in [-0.4, -0.2) is 40.6 Å². The van der Waals surface area contributed by atoms with Gasteiger partial charge in [-0.15, -0.1) is 0 Å². The molecule has 7 heteroatoms. The molecule has 0 aliphatic carbocycles. The van der Waals surface area contributed by atoms with E-state index in [2.05, 4.69) is 0 Å². The number of carbonyl (C=O) groups is 2. The van der Waals surface area contributed by atoms with Gasteiger partial charge >= 0.3 is 5.97 Å². The zero-order valence-corrected chi connectivity index (χ0v) is 20.3. The molecule has 3 aromatic rings. The van der Waals surface area contributed by atoms with Gasteiger partial charge in [-0.25, -0.2) is 4.79 Å². The number of nitrogens with zero attached hydrogens (tertiary/aromatic N) is 2. The summed E-state index contributed by atoms with van der Waals surface area (Å²) in [4.78, 5) is 33.2. The number of amides is 1. The molecule has 1 aromatic heterocycles. The van der Waals surface area contributed by atoms with Crippen molar-refractivity contribution in [3.05, 3.63) is 88.2 Å². The summed E-state index contributed by atoms with van der Waals surface area (Å²) in [6.07, 6.45) is 1.83. The molecule has 7 nitrogen and oxygen atoms in total. The third kappa shape index (κ3) is 4.85. The van der Waals surface area contributed by atoms with E-state index in [-0.39, 0.29) is 35.4 Å². The molecular formula is C28H30N2O5. The minimum Gasteiger partial charge on any atom is -0.505 e. The number of rotatable bonds is 9. The van der Waals surface area contributed by atoms with Crippen molar-refractivity contribution in [3.63, 3.8) is 0 Å². The van der Waals surface area contributed by atoms with E-state index in [1.54, 1.807) is 18.9 Å². The zero-order valence-electron chi connectivity index (χ0n) is 20.3. The maximum Gasteiger partial charge on any atom is 0.342 e. The number of aromatic nitrogens is 1. The number of carbonyl (C=O) groups excluding carboxylic acids is 2. The van der Waals surface area contributed by atoms with Gasteiger partial charge in [0.05, 0.1) is 36.7 Å². The van der Waals surface area contributed by atoms with Gasteiger partial charge in [0, 0.05) is 13.0 Å². The first-order valence-corrected chi connectivity index (χ1v) is 11.9. The molecule has 182 valence electrons. The maximum absolute atomic E-state index is 13.7. The number of aromatic hydroxyl groups is 1. The van der Waals surface area contributed by atoms with Crippen LogP contribution in [0.15, 0.2) is 54.6 Å². The van der Waals surface area contributed by atoms with E-state index in [0.29, 0.717) is 30.8 Å². The minimum atomic E-state index is -0.715. The molecule has 1 amide bonds. The molecule has 1 aliphatic rings. The Morgan fingerprint density at radius 1 is 1.06 bits per heavy atom. The predicted molar refractivity (Wildman–Crippen MR) is 132 cm³/mol. The molecule has 2 aromatic carbocycles. The Morgan fingerprint density at radius 2 is 1.77 bits per heavy atom. The topological polar surface area (TPSA) is 89.0 Å². The van der Waals surface area contributed by atoms with Crippen LogP contribution in [-0.2, 0) is 17.7 Å². The first-order chi connectivity index (χ1) is 17.0. The van der Waals surface area contributed by atoms with Crippen molar-refractivity contribution >= 4 is 11.9 Å². The number of benzene rings is 2. The van der Waals surface area contributed by atoms with E-state index in [9.17, 15) is 14.7 Å². The van der Waals surface area contributed by atoms with Gasteiger partial charge in [-0.05, 0) is 36.6 Å². The van der Waals surface area contributed by atoms with Crippen LogP contribution < -0.4 is 4.74 Å². The Bertz CT molecular complexity index is 1210. The normalized spacial score (nSPS) is 14.7. The van der Waals surface area contributed by atoms with Gasteiger partial charge in [0.25, 0.3) is 5.91 Å². The maximum atomic E-state index is 13.7. The number of fused-ring (bicyclic) bond motifs is 1. The van der Waals surface area contributed by atoms with Crippen LogP contribution >= 0.6 is 0 Å². The van der Waals surface area contributed by atoms with E-state index in [4.69, 9.17) is 14.5 Å². The number of hydrogen-bond acceptors (Lipinski definition) is 6. The van der Waals surface area contributed by atoms with Crippen LogP contribution in [0.2, 0.25) is 0 Å². The van der Waals surface area contributed by atoms with Crippen LogP contribution in [0.3, 0.4) is 0 Å². The third-order valence-electron chi connectivity index (χ3n) is 6.21. The van der Waals surface area contributed by atoms with Gasteiger partial charge in [-0.3, -0.25) is 9.78 Å². The number of hydrogen-bond donors (Lipinski definition) is 1. The highest BCUT2D eigenvalue weighted by Crippen LogP contribution is 2.42. The first kappa shape index (κ1) is 24.3. The lowest BCUT2D eigenvalue weighted by Crippen LogP contribution is -2.28. The molecule has 0 fully saturated rings. The lowest BCUT2D eigenvalue weighted by atomic mass is 9.98. The number of ether oxygens (including phenoxy) is 2. The second-order valence-corrected chi connectivity index (χ2v) is 8.51. The van der Waals surface area contributed by atoms with E-state index >= 15 is 0 Å². The molecule has 2 heterocycles. The van der Waals surface area contributed by atoms with Crippen molar-refractivity contribution in [2.75, 3.05) is 13.7 Å². The summed E-state index contributed by atoms with van der Waals surface area (Å²) in [5, 5.41) is 11.1. The smallest absolute Gasteiger partial charge is 0.342 e. The zero-order chi connectivity index (χ0) is 24.9. The predicted octanol–water partition coefficient (Wildman–Crippen LogP) is 5.06. The van der Waals surface area contributed by atoms with Crippen LogP contribution in [0.4, 0.5) is 0 Å². The lowest BCUT2D eigenvalue weighted by Gasteiger charge is -2.25. The van der Waals surface area contributed by atoms with E-state index in [1.807, 2.05) is 61.5 Å². The van der Waals surface area contributed by atoms with Crippen molar-refractivity contribution in [3.8, 4) is 11.5 Å². The summed E-state index contributed by atoms with van der Waals surface area (Å²) in [5.41, 5.74) is 2.81. The first-order valence-electron chi connectivity index (χ1n) is 11.9. The van der Waals surface area contributed by atoms with Gasteiger partial charge in [-0.2, -0.15) is 0 Å². The second-order valence-electron chi connectivity index (χ2n) is 8.51. The Morgan fingerprint density at radius 3 is 2.40 bits per heavy atom. The molecule has 35 heavy (non-hydrogen) atoms. The van der Waals surface area contributed by atoms with Crippen LogP contribution in [0.5, 0.6) is 11.5 Å². The number of esters is 1. The molecule has 0 spiro atoms. The van der Waals surface area contributed by atoms with E-state index in [1.165, 1.54) is 0 Å². The summed E-state index contributed by atoms with van der Waals surface area (Å²) in [5.74, 6) is -0.600. The van der Waals surface area contributed by atoms with Crippen molar-refractivity contribution in [2.45, 2.75) is 45.7 Å². The van der Waals surface area contributed by atoms with Crippen LogP contribution in [0.25, 0.3) is 0 Å². The standard InChI is InChI=1S/C28H30N2O5/c1-4-9-22-25-23(27(32)30(22)17-19-12-14-20(34-3)15-13-19)24(28(33)35-5-2)26(31)21(29-25)16-18-10-7-6-8-11-18/h6-8,10-15,22,31H,4-5,9,16-17H2,1-3H3. The van der Waals surface area contributed by atoms with Crippen molar-refractivity contribution in [2.24, 2.45) is 0 Å². The molecule has 1 atom stereocenters. The fourth-order valence-electron chi connectivity index (χ4n) is 4.53. The second kappa shape index (κ2) is 10.6. The van der Waals surface area contributed by atoms with Gasteiger partial charge in [0.15, 0.2) is 5.75 Å². The van der Waals surface area contributed by atoms with E-state index in [0.717, 1.165) is 23.3 Å². The highest BCUT2D eigenvalue weighted by molar-refractivity contribution is 6.09. The van der Waals surface area contributed by atoms with Gasteiger partial charge in [0.2, 0.25) is 0 Å². The van der Waals surface area contributed by atoms with Gasteiger partial charge in [0.1, 0.15) is 11.3 Å². The summed E-state index contributed by atoms with van der Waals surface area (Å²) in [6, 6.07) is 16.8. The summed E-state index contributed by atoms with van der Waals surface area (Å²) in [7, 11) is 1.61. The Labute approximate surface area is 205 Å². The Kier molecular flexibility index (Phi) is 7.34. The fourth-order valence-corrected chi connectivity index (χ4v) is 4.53. The summed E-state index contributed by atoms with van der Waals surface area (Å²) >= 11 is 0. The molecule has 1 aliphatic heterocycles. The SMILES string of the molecule is CCCC1c2nc(Cc3ccccc3)c(O)c(C(=O)OCC)c2C(=O)N1Cc1ccc(OC)cc1. The monoisotopic (exact) mass is 474 g/mol. The third-order valence-corrected chi connectivity index (χ3v) is 6.21. The molecule has 0 radical (unpaired) electrons. The molecule has 1 N–H and O–H groups in total. The molecule has 0 saturated carbocycles. The average Bonchev–Trinajstić information content (AvgIpc) is 3.11. The van der Waals surface area contributed by atoms with Gasteiger partial charge in [-0.1, -0.05) is 55.8 Å². The Balaban J connectivity index is 1.81. The summed E-state index contributed by atoms with van der Waals surface area (Å²) < 4.78 is 10.5. The van der Waals surface area contributed by atoms with Crippen molar-refractivity contribution in [1.29, 1.82) is 0 Å². The minimum absolute atomic E-state index is 0.0916. The van der Waals surface area contributed by atoms with Crippen molar-refractivity contribution < 1.29 is 24.2 Å². The van der Waals surface area contributed by atoms with Crippen molar-refractivity contribution in [1.82, 2.24) is 9.88 Å². The fraction of sp³-hybridized carbons (Fsp3) is 0.321.